The van der Waals surface area contributed by atoms with Gasteiger partial charge in [0.15, 0.2) is 11.5 Å². The lowest BCUT2D eigenvalue weighted by atomic mass is 10.1. The van der Waals surface area contributed by atoms with Crippen LogP contribution in [0.2, 0.25) is 5.02 Å². The number of aromatic nitrogens is 3. The highest BCUT2D eigenvalue weighted by Crippen LogP contribution is 2.33. The first-order valence-electron chi connectivity index (χ1n) is 8.34. The van der Waals surface area contributed by atoms with Crippen molar-refractivity contribution in [2.45, 2.75) is 18.0 Å². The number of nitrogens with zero attached hydrogens (tertiary/aromatic N) is 4. The fraction of sp³-hybridized carbons (Fsp3) is 0.158. The molecule has 154 valence electrons. The van der Waals surface area contributed by atoms with Crippen LogP contribution in [0.3, 0.4) is 0 Å². The van der Waals surface area contributed by atoms with Gasteiger partial charge in [-0.15, -0.1) is 11.8 Å². The number of aryl methyl sites for hydroxylation is 1. The molecule has 3 aromatic rings. The lowest BCUT2D eigenvalue weighted by Crippen LogP contribution is -2.18. The number of hydrogen-bond donors (Lipinski definition) is 1. The number of rotatable bonds is 4. The van der Waals surface area contributed by atoms with Gasteiger partial charge in [-0.05, 0) is 43.0 Å². The molecule has 1 amide bonds. The fourth-order valence-electron chi connectivity index (χ4n) is 2.69. The van der Waals surface area contributed by atoms with E-state index < -0.39 is 23.5 Å². The molecule has 0 unspecified atom stereocenters. The Morgan fingerprint density at radius 3 is 2.67 bits per heavy atom. The molecule has 0 radical (unpaired) electrons. The molecule has 0 aliphatic heterocycles. The van der Waals surface area contributed by atoms with Crippen LogP contribution < -0.4 is 5.32 Å². The minimum Gasteiger partial charge on any atom is -0.319 e. The number of halogens is 4. The van der Waals surface area contributed by atoms with Gasteiger partial charge in [-0.3, -0.25) is 4.79 Å². The number of pyridine rings is 1. The molecule has 1 N–H and O–H groups in total. The summed E-state index contributed by atoms with van der Waals surface area (Å²) < 4.78 is 40.5. The summed E-state index contributed by atoms with van der Waals surface area (Å²) in [5.41, 5.74) is -0.265. The van der Waals surface area contributed by atoms with E-state index >= 15 is 0 Å². The molecule has 0 bridgehead atoms. The number of thioether (sulfide) groups is 1. The first-order valence-corrected chi connectivity index (χ1v) is 9.94. The monoisotopic (exact) mass is 451 g/mol. The normalized spacial score (nSPS) is 11.2. The maximum Gasteiger partial charge on any atom is 0.435 e. The molecule has 3 rings (SSSR count). The summed E-state index contributed by atoms with van der Waals surface area (Å²) in [6.45, 7) is 1.68. The Morgan fingerprint density at radius 2 is 2.07 bits per heavy atom. The number of amides is 1. The van der Waals surface area contributed by atoms with Crippen molar-refractivity contribution in [2.75, 3.05) is 11.6 Å². The van der Waals surface area contributed by atoms with Gasteiger partial charge >= 0.3 is 6.18 Å². The third-order valence-corrected chi connectivity index (χ3v) is 5.12. The molecular formula is C19H13ClF3N5OS. The third kappa shape index (κ3) is 4.27. The molecule has 1 aromatic carbocycles. The van der Waals surface area contributed by atoms with Crippen LogP contribution in [0, 0.1) is 18.3 Å². The topological polar surface area (TPSA) is 83.6 Å². The van der Waals surface area contributed by atoms with E-state index in [0.717, 1.165) is 4.68 Å². The van der Waals surface area contributed by atoms with E-state index in [1.807, 2.05) is 6.07 Å². The van der Waals surface area contributed by atoms with E-state index in [1.54, 1.807) is 25.3 Å². The van der Waals surface area contributed by atoms with Crippen LogP contribution in [0.25, 0.3) is 5.82 Å². The van der Waals surface area contributed by atoms with Gasteiger partial charge in [-0.2, -0.15) is 23.5 Å². The summed E-state index contributed by atoms with van der Waals surface area (Å²) >= 11 is 7.34. The number of benzene rings is 1. The predicted molar refractivity (Wildman–Crippen MR) is 107 cm³/mol. The molecule has 2 heterocycles. The highest BCUT2D eigenvalue weighted by Gasteiger charge is 2.36. The maximum absolute atomic E-state index is 13.3. The van der Waals surface area contributed by atoms with Crippen LogP contribution in [0.1, 0.15) is 27.3 Å². The molecular weight excluding hydrogens is 439 g/mol. The van der Waals surface area contributed by atoms with Gasteiger partial charge in [0, 0.05) is 17.2 Å². The summed E-state index contributed by atoms with van der Waals surface area (Å²) in [6, 6.07) is 8.75. The molecule has 6 nitrogen and oxygen atoms in total. The van der Waals surface area contributed by atoms with E-state index in [2.05, 4.69) is 15.4 Å². The van der Waals surface area contributed by atoms with Gasteiger partial charge < -0.3 is 5.32 Å². The van der Waals surface area contributed by atoms with Crippen molar-refractivity contribution in [3.8, 4) is 11.9 Å². The number of carbonyl (C=O) groups is 1. The van der Waals surface area contributed by atoms with E-state index in [9.17, 15) is 18.0 Å². The fourth-order valence-corrected chi connectivity index (χ4v) is 3.56. The minimum atomic E-state index is -4.77. The van der Waals surface area contributed by atoms with Gasteiger partial charge in [0.25, 0.3) is 5.91 Å². The lowest BCUT2D eigenvalue weighted by Gasteiger charge is -2.14. The van der Waals surface area contributed by atoms with Gasteiger partial charge in [-0.25, -0.2) is 9.67 Å². The minimum absolute atomic E-state index is 0.0303. The van der Waals surface area contributed by atoms with Crippen LogP contribution in [0.5, 0.6) is 0 Å². The van der Waals surface area contributed by atoms with Crippen LogP contribution in [-0.2, 0) is 6.18 Å². The summed E-state index contributed by atoms with van der Waals surface area (Å²) in [5.74, 6) is -0.940. The van der Waals surface area contributed by atoms with E-state index in [-0.39, 0.29) is 10.8 Å². The zero-order chi connectivity index (χ0) is 22.1. The molecule has 0 aliphatic rings. The molecule has 0 fully saturated rings. The highest BCUT2D eigenvalue weighted by atomic mass is 35.5. The molecule has 2 aromatic heterocycles. The predicted octanol–water partition coefficient (Wildman–Crippen LogP) is 5.09. The highest BCUT2D eigenvalue weighted by molar-refractivity contribution is 7.98. The van der Waals surface area contributed by atoms with Crippen molar-refractivity contribution < 1.29 is 18.0 Å². The lowest BCUT2D eigenvalue weighted by molar-refractivity contribution is -0.141. The third-order valence-electron chi connectivity index (χ3n) is 4.06. The molecule has 0 saturated carbocycles. The van der Waals surface area contributed by atoms with Crippen molar-refractivity contribution in [3.05, 3.63) is 64.1 Å². The van der Waals surface area contributed by atoms with Gasteiger partial charge in [-0.1, -0.05) is 11.6 Å². The Bertz CT molecular complexity index is 1170. The summed E-state index contributed by atoms with van der Waals surface area (Å²) in [4.78, 5) is 17.5. The van der Waals surface area contributed by atoms with Crippen molar-refractivity contribution >= 4 is 35.0 Å². The summed E-state index contributed by atoms with van der Waals surface area (Å²) in [5, 5.41) is 15.3. The molecule has 0 atom stereocenters. The Hall–Kier alpha value is -3.03. The first-order chi connectivity index (χ1) is 14.2. The smallest absolute Gasteiger partial charge is 0.319 e. The average Bonchev–Trinajstić information content (AvgIpc) is 3.15. The van der Waals surface area contributed by atoms with Crippen molar-refractivity contribution in [2.24, 2.45) is 0 Å². The molecule has 11 heteroatoms. The summed E-state index contributed by atoms with van der Waals surface area (Å²) in [6.07, 6.45) is -1.68. The zero-order valence-corrected chi connectivity index (χ0v) is 17.2. The van der Waals surface area contributed by atoms with Crippen molar-refractivity contribution in [1.82, 2.24) is 14.8 Å². The van der Waals surface area contributed by atoms with E-state index in [4.69, 9.17) is 16.9 Å². The van der Waals surface area contributed by atoms with E-state index in [0.29, 0.717) is 27.8 Å². The van der Waals surface area contributed by atoms with Gasteiger partial charge in [0.05, 0.1) is 22.3 Å². The number of anilines is 1. The Labute approximate surface area is 178 Å². The standard InChI is InChI=1S/C19H13ClF3N5OS/c1-10-6-11(9-24)7-14(30-2)16(10)26-18(29)13-8-15(19(21,22)23)27-28(13)17-12(20)4-3-5-25-17/h3-8H,1-2H3,(H,26,29). The molecule has 30 heavy (non-hydrogen) atoms. The van der Waals surface area contributed by atoms with Crippen LogP contribution in [0.4, 0.5) is 18.9 Å². The second-order valence-corrected chi connectivity index (χ2v) is 7.32. The molecule has 0 aliphatic carbocycles. The number of nitrogens with one attached hydrogen (secondary N) is 1. The Balaban J connectivity index is 2.10. The SMILES string of the molecule is CSc1cc(C#N)cc(C)c1NC(=O)c1cc(C(F)(F)F)nn1-c1ncccc1Cl. The quantitative estimate of drug-likeness (QED) is 0.558. The maximum atomic E-state index is 13.3. The van der Waals surface area contributed by atoms with Crippen LogP contribution >= 0.6 is 23.4 Å². The number of alkyl halides is 3. The Kier molecular flexibility index (Phi) is 6.05. The number of carbonyl (C=O) groups excluding carboxylic acids is 1. The van der Waals surface area contributed by atoms with Crippen molar-refractivity contribution in [3.63, 3.8) is 0 Å². The summed E-state index contributed by atoms with van der Waals surface area (Å²) in [7, 11) is 0. The second-order valence-electron chi connectivity index (χ2n) is 6.07. The first kappa shape index (κ1) is 21.7. The van der Waals surface area contributed by atoms with Crippen LogP contribution in [-0.4, -0.2) is 26.9 Å². The molecule has 0 spiro atoms. The van der Waals surface area contributed by atoms with Gasteiger partial charge in [0.1, 0.15) is 5.69 Å². The van der Waals surface area contributed by atoms with Crippen LogP contribution in [0.15, 0.2) is 41.4 Å². The Morgan fingerprint density at radius 1 is 1.33 bits per heavy atom. The second kappa shape index (κ2) is 8.38. The number of nitriles is 1. The average molecular weight is 452 g/mol. The zero-order valence-electron chi connectivity index (χ0n) is 15.6. The molecule has 0 saturated heterocycles. The van der Waals surface area contributed by atoms with E-state index in [1.165, 1.54) is 30.1 Å². The van der Waals surface area contributed by atoms with Gasteiger partial charge in [0.2, 0.25) is 0 Å². The number of hydrogen-bond acceptors (Lipinski definition) is 5. The largest absolute Gasteiger partial charge is 0.435 e. The van der Waals surface area contributed by atoms with Crippen molar-refractivity contribution in [1.29, 1.82) is 5.26 Å².